The molecule has 2 nitrogen and oxygen atoms in total. The number of nitrogens with zero attached hydrogens (tertiary/aromatic N) is 1. The van der Waals surface area contributed by atoms with Gasteiger partial charge in [0.05, 0.1) is 6.07 Å². The fourth-order valence-electron chi connectivity index (χ4n) is 0.701. The van der Waals surface area contributed by atoms with Crippen LogP contribution < -0.4 is 23.9 Å². The number of benzene rings is 1. The second-order valence-corrected chi connectivity index (χ2v) is 1.94. The molecule has 0 fully saturated rings. The molecular formula is C9H7LiN2+. The van der Waals surface area contributed by atoms with Crippen LogP contribution in [0.4, 0.5) is 0 Å². The monoisotopic (exact) mass is 150 g/mol. The first-order chi connectivity index (χ1) is 5.43. The van der Waals surface area contributed by atoms with Gasteiger partial charge in [-0.05, 0) is 5.56 Å². The van der Waals surface area contributed by atoms with Crippen molar-refractivity contribution in [2.75, 3.05) is 0 Å². The SMILES string of the molecule is N#C[C-][NH+]=Cc1ccccc1.[Li+]. The van der Waals surface area contributed by atoms with Crippen molar-refractivity contribution >= 4 is 6.21 Å². The van der Waals surface area contributed by atoms with Crippen molar-refractivity contribution in [3.8, 4) is 6.07 Å². The van der Waals surface area contributed by atoms with Crippen molar-refractivity contribution in [2.24, 2.45) is 0 Å². The zero-order chi connectivity index (χ0) is 7.94. The fourth-order valence-corrected chi connectivity index (χ4v) is 0.701. The molecule has 1 aromatic carbocycles. The number of nitriles is 1. The fraction of sp³-hybridized carbons (Fsp3) is 0. The average molecular weight is 150 g/mol. The third-order valence-corrected chi connectivity index (χ3v) is 1.17. The standard InChI is InChI=1S/C9H7N2.Li/c10-6-7-11-8-9-4-2-1-3-5-9;/h1-5,8,11H;/q;+1. The Kier molecular flexibility index (Phi) is 5.92. The summed E-state index contributed by atoms with van der Waals surface area (Å²) >= 11 is 0. The molecule has 0 aliphatic rings. The van der Waals surface area contributed by atoms with Gasteiger partial charge in [0.1, 0.15) is 6.54 Å². The first-order valence-corrected chi connectivity index (χ1v) is 3.21. The van der Waals surface area contributed by atoms with Crippen LogP contribution in [-0.2, 0) is 0 Å². The molecule has 1 radical (unpaired) electrons. The summed E-state index contributed by atoms with van der Waals surface area (Å²) in [5.41, 5.74) is 1.02. The number of nitrogens with one attached hydrogen (secondary N) is 1. The summed E-state index contributed by atoms with van der Waals surface area (Å²) in [4.78, 5) is 2.62. The largest absolute Gasteiger partial charge is 1.00 e. The van der Waals surface area contributed by atoms with E-state index in [1.165, 1.54) is 0 Å². The van der Waals surface area contributed by atoms with Crippen LogP contribution in [0.5, 0.6) is 0 Å². The summed E-state index contributed by atoms with van der Waals surface area (Å²) in [6, 6.07) is 11.4. The van der Waals surface area contributed by atoms with Gasteiger partial charge in [-0.2, -0.15) is 0 Å². The molecule has 0 aliphatic heterocycles. The maximum absolute atomic E-state index is 8.10. The Morgan fingerprint density at radius 3 is 2.58 bits per heavy atom. The van der Waals surface area contributed by atoms with E-state index in [4.69, 9.17) is 5.26 Å². The van der Waals surface area contributed by atoms with E-state index in [1.54, 1.807) is 12.3 Å². The van der Waals surface area contributed by atoms with E-state index in [9.17, 15) is 0 Å². The van der Waals surface area contributed by atoms with E-state index in [0.717, 1.165) is 5.56 Å². The molecule has 0 unspecified atom stereocenters. The van der Waals surface area contributed by atoms with Crippen LogP contribution in [0.2, 0.25) is 0 Å². The van der Waals surface area contributed by atoms with Crippen LogP contribution >= 0.6 is 0 Å². The Balaban J connectivity index is 0.00000121. The topological polar surface area (TPSA) is 37.8 Å². The van der Waals surface area contributed by atoms with Gasteiger partial charge in [0.2, 0.25) is 0 Å². The molecule has 1 aromatic rings. The minimum Gasteiger partial charge on any atom is -0.370 e. The van der Waals surface area contributed by atoms with Crippen LogP contribution in [0.25, 0.3) is 0 Å². The predicted octanol–water partition coefficient (Wildman–Crippen LogP) is -3.25. The van der Waals surface area contributed by atoms with Gasteiger partial charge in [0.25, 0.3) is 0 Å². The molecule has 0 spiro atoms. The van der Waals surface area contributed by atoms with Gasteiger partial charge in [-0.3, -0.25) is 0 Å². The van der Waals surface area contributed by atoms with Crippen LogP contribution in [0.15, 0.2) is 30.3 Å². The van der Waals surface area contributed by atoms with Crippen LogP contribution in [-0.4, -0.2) is 6.21 Å². The number of hydrogen-bond donors (Lipinski definition) is 1. The predicted molar refractivity (Wildman–Crippen MR) is 41.4 cm³/mol. The molecule has 0 heterocycles. The quantitative estimate of drug-likeness (QED) is 0.204. The zero-order valence-corrected chi connectivity index (χ0v) is 6.91. The van der Waals surface area contributed by atoms with E-state index in [1.807, 2.05) is 30.3 Å². The van der Waals surface area contributed by atoms with Gasteiger partial charge in [0.15, 0.2) is 0 Å². The molecule has 0 saturated heterocycles. The summed E-state index contributed by atoms with van der Waals surface area (Å²) in [6.07, 6.45) is 1.71. The molecule has 3 heteroatoms. The second-order valence-electron chi connectivity index (χ2n) is 1.94. The van der Waals surface area contributed by atoms with Crippen molar-refractivity contribution in [1.29, 1.82) is 5.26 Å². The maximum Gasteiger partial charge on any atom is 1.00 e. The zero-order valence-electron chi connectivity index (χ0n) is 6.91. The summed E-state index contributed by atoms with van der Waals surface area (Å²) in [5, 5.41) is 8.10. The molecule has 12 heavy (non-hydrogen) atoms. The molecule has 1 rings (SSSR count). The first-order valence-electron chi connectivity index (χ1n) is 3.21. The van der Waals surface area contributed by atoms with Crippen molar-refractivity contribution in [3.05, 3.63) is 42.4 Å². The molecule has 53 valence electrons. The van der Waals surface area contributed by atoms with Crippen molar-refractivity contribution in [1.82, 2.24) is 0 Å². The third-order valence-electron chi connectivity index (χ3n) is 1.17. The summed E-state index contributed by atoms with van der Waals surface area (Å²) in [5.74, 6) is 0. The minimum absolute atomic E-state index is 0. The summed E-state index contributed by atoms with van der Waals surface area (Å²) in [7, 11) is 0. The molecule has 0 amide bonds. The van der Waals surface area contributed by atoms with Gasteiger partial charge < -0.3 is 4.99 Å². The molecule has 0 atom stereocenters. The minimum atomic E-state index is 0. The van der Waals surface area contributed by atoms with E-state index in [-0.39, 0.29) is 18.9 Å². The smallest absolute Gasteiger partial charge is 0.370 e. The Morgan fingerprint density at radius 2 is 2.00 bits per heavy atom. The van der Waals surface area contributed by atoms with Crippen LogP contribution in [0, 0.1) is 17.9 Å². The van der Waals surface area contributed by atoms with Crippen molar-refractivity contribution in [2.45, 2.75) is 0 Å². The normalized spacial score (nSPS) is 8.58. The third kappa shape index (κ3) is 3.88. The molecular weight excluding hydrogens is 143 g/mol. The second kappa shape index (κ2) is 6.55. The van der Waals surface area contributed by atoms with E-state index >= 15 is 0 Å². The average Bonchev–Trinajstić information content (AvgIpc) is 2.07. The van der Waals surface area contributed by atoms with Gasteiger partial charge in [-0.15, -0.1) is 0 Å². The van der Waals surface area contributed by atoms with Gasteiger partial charge in [-0.25, -0.2) is 5.26 Å². The molecule has 1 N–H and O–H groups in total. The Morgan fingerprint density at radius 1 is 1.33 bits per heavy atom. The molecule has 0 bridgehead atoms. The summed E-state index contributed by atoms with van der Waals surface area (Å²) < 4.78 is 0. The van der Waals surface area contributed by atoms with E-state index in [2.05, 4.69) is 11.5 Å². The Labute approximate surface area is 84.1 Å². The van der Waals surface area contributed by atoms with Gasteiger partial charge in [0, 0.05) is 6.21 Å². The van der Waals surface area contributed by atoms with Crippen molar-refractivity contribution < 1.29 is 23.9 Å². The summed E-state index contributed by atoms with van der Waals surface area (Å²) in [6.45, 7) is 2.30. The van der Waals surface area contributed by atoms with E-state index in [0.29, 0.717) is 0 Å². The number of rotatable bonds is 2. The number of hydrogen-bond acceptors (Lipinski definition) is 1. The van der Waals surface area contributed by atoms with Crippen LogP contribution in [0.3, 0.4) is 0 Å². The molecule has 0 aliphatic carbocycles. The molecule has 0 saturated carbocycles. The first kappa shape index (κ1) is 10.8. The van der Waals surface area contributed by atoms with Crippen LogP contribution in [0.1, 0.15) is 5.56 Å². The van der Waals surface area contributed by atoms with Gasteiger partial charge in [-0.1, -0.05) is 30.3 Å². The Bertz CT molecular complexity index is 274. The maximum atomic E-state index is 8.10. The van der Waals surface area contributed by atoms with E-state index < -0.39 is 0 Å². The van der Waals surface area contributed by atoms with Crippen molar-refractivity contribution in [3.63, 3.8) is 0 Å². The Hall–Kier alpha value is -1.15. The molecule has 0 aromatic heterocycles. The van der Waals surface area contributed by atoms with Gasteiger partial charge >= 0.3 is 18.9 Å².